The number of carbonyl (C=O) groups is 2. The van der Waals surface area contributed by atoms with Crippen LogP contribution in [0.5, 0.6) is 0 Å². The Morgan fingerprint density at radius 1 is 1.40 bits per heavy atom. The van der Waals surface area contributed by atoms with Gasteiger partial charge in [-0.1, -0.05) is 30.9 Å². The van der Waals surface area contributed by atoms with Crippen LogP contribution in [0.2, 0.25) is 0 Å². The summed E-state index contributed by atoms with van der Waals surface area (Å²) in [6.45, 7) is 5.90. The number of carbonyl (C=O) groups excluding carboxylic acids is 2. The first-order valence-electron chi connectivity index (χ1n) is 4.96. The highest BCUT2D eigenvalue weighted by Crippen LogP contribution is 2.14. The third kappa shape index (κ3) is 2.91. The maximum Gasteiger partial charge on any atom is 0.229 e. The monoisotopic (exact) mass is 205 g/mol. The zero-order valence-corrected chi connectivity index (χ0v) is 8.90. The van der Waals surface area contributed by atoms with Gasteiger partial charge in [-0.05, 0) is 12.5 Å². The smallest absolute Gasteiger partial charge is 0.229 e. The molecule has 0 aromatic rings. The fourth-order valence-corrected chi connectivity index (χ4v) is 1.39. The van der Waals surface area contributed by atoms with Gasteiger partial charge in [-0.2, -0.15) is 0 Å². The van der Waals surface area contributed by atoms with Crippen molar-refractivity contribution < 1.29 is 9.59 Å². The molecule has 80 valence electrons. The van der Waals surface area contributed by atoms with Gasteiger partial charge < -0.3 is 0 Å². The van der Waals surface area contributed by atoms with E-state index < -0.39 is 0 Å². The number of likely N-dealkylation sites (tertiary alicyclic amines) is 1. The quantitative estimate of drug-likeness (QED) is 0.518. The number of imide groups is 1. The molecule has 0 aromatic heterocycles. The lowest BCUT2D eigenvalue weighted by molar-refractivity contribution is -0.137. The van der Waals surface area contributed by atoms with Crippen molar-refractivity contribution in [1.29, 1.82) is 0 Å². The second kappa shape index (κ2) is 5.29. The predicted molar refractivity (Wildman–Crippen MR) is 59.0 cm³/mol. The highest BCUT2D eigenvalue weighted by Gasteiger charge is 2.28. The number of nitrogens with zero attached hydrogens (tertiary/aromatic N) is 1. The van der Waals surface area contributed by atoms with E-state index in [-0.39, 0.29) is 11.8 Å². The standard InChI is InChI=1S/C12H15NO2/c1-3-5-6-10(4-2)9-13-11(14)7-8-12(13)15/h3-6H,2,7-9H2,1H3/b5-3-,10-6+. The van der Waals surface area contributed by atoms with Gasteiger partial charge in [-0.25, -0.2) is 0 Å². The van der Waals surface area contributed by atoms with Gasteiger partial charge in [0.15, 0.2) is 0 Å². The lowest BCUT2D eigenvalue weighted by Gasteiger charge is -2.13. The molecule has 1 saturated heterocycles. The van der Waals surface area contributed by atoms with Gasteiger partial charge in [0.2, 0.25) is 11.8 Å². The lowest BCUT2D eigenvalue weighted by atomic mass is 10.2. The third-order valence-electron chi connectivity index (χ3n) is 2.26. The molecule has 1 aliphatic rings. The summed E-state index contributed by atoms with van der Waals surface area (Å²) in [4.78, 5) is 24.0. The zero-order chi connectivity index (χ0) is 11.3. The number of hydrogen-bond donors (Lipinski definition) is 0. The van der Waals surface area contributed by atoms with Crippen molar-refractivity contribution in [3.05, 3.63) is 36.5 Å². The Balaban J connectivity index is 2.70. The molecule has 2 amide bonds. The van der Waals surface area contributed by atoms with Crippen LogP contribution in [0.1, 0.15) is 19.8 Å². The fraction of sp³-hybridized carbons (Fsp3) is 0.333. The molecule has 0 radical (unpaired) electrons. The minimum Gasteiger partial charge on any atom is -0.278 e. The van der Waals surface area contributed by atoms with Gasteiger partial charge in [0.25, 0.3) is 0 Å². The van der Waals surface area contributed by atoms with Gasteiger partial charge in [0, 0.05) is 12.8 Å². The average molecular weight is 205 g/mol. The molecular weight excluding hydrogens is 190 g/mol. The molecule has 0 bridgehead atoms. The molecular formula is C12H15NO2. The topological polar surface area (TPSA) is 37.4 Å². The first-order valence-corrected chi connectivity index (χ1v) is 4.96. The first-order chi connectivity index (χ1) is 7.19. The van der Waals surface area contributed by atoms with E-state index in [9.17, 15) is 9.59 Å². The zero-order valence-electron chi connectivity index (χ0n) is 8.90. The maximum atomic E-state index is 11.3. The second-order valence-electron chi connectivity index (χ2n) is 3.35. The van der Waals surface area contributed by atoms with Crippen LogP contribution in [-0.2, 0) is 9.59 Å². The maximum absolute atomic E-state index is 11.3. The van der Waals surface area contributed by atoms with Crippen LogP contribution in [0.3, 0.4) is 0 Å². The normalized spacial score (nSPS) is 17.9. The van der Waals surface area contributed by atoms with Crippen LogP contribution in [0.25, 0.3) is 0 Å². The van der Waals surface area contributed by atoms with E-state index in [0.29, 0.717) is 19.4 Å². The van der Waals surface area contributed by atoms with Crippen LogP contribution in [0.4, 0.5) is 0 Å². The molecule has 0 atom stereocenters. The van der Waals surface area contributed by atoms with Crippen molar-refractivity contribution in [3.63, 3.8) is 0 Å². The van der Waals surface area contributed by atoms with Crippen LogP contribution in [-0.4, -0.2) is 23.3 Å². The van der Waals surface area contributed by atoms with E-state index in [0.717, 1.165) is 5.57 Å². The Hall–Kier alpha value is -1.64. The molecule has 15 heavy (non-hydrogen) atoms. The molecule has 1 rings (SSSR count). The Kier molecular flexibility index (Phi) is 4.03. The van der Waals surface area contributed by atoms with Crippen LogP contribution >= 0.6 is 0 Å². The second-order valence-corrected chi connectivity index (χ2v) is 3.35. The average Bonchev–Trinajstić information content (AvgIpc) is 2.55. The Labute approximate surface area is 89.8 Å². The van der Waals surface area contributed by atoms with Gasteiger partial charge in [0.05, 0.1) is 6.54 Å². The molecule has 0 saturated carbocycles. The largest absolute Gasteiger partial charge is 0.278 e. The van der Waals surface area contributed by atoms with Crippen molar-refractivity contribution in [2.24, 2.45) is 0 Å². The van der Waals surface area contributed by atoms with Crippen LogP contribution in [0.15, 0.2) is 36.5 Å². The number of amides is 2. The van der Waals surface area contributed by atoms with E-state index >= 15 is 0 Å². The molecule has 0 aromatic carbocycles. The summed E-state index contributed by atoms with van der Waals surface area (Å²) in [5.74, 6) is -0.179. The summed E-state index contributed by atoms with van der Waals surface area (Å²) in [6, 6.07) is 0. The minimum absolute atomic E-state index is 0.0896. The van der Waals surface area contributed by atoms with Crippen molar-refractivity contribution >= 4 is 11.8 Å². The fourth-order valence-electron chi connectivity index (χ4n) is 1.39. The van der Waals surface area contributed by atoms with E-state index in [1.807, 2.05) is 25.2 Å². The first kappa shape index (κ1) is 11.4. The molecule has 0 spiro atoms. The molecule has 1 heterocycles. The highest BCUT2D eigenvalue weighted by atomic mass is 16.2. The molecule has 1 aliphatic heterocycles. The Morgan fingerprint density at radius 3 is 2.47 bits per heavy atom. The lowest BCUT2D eigenvalue weighted by Crippen LogP contribution is -2.30. The van der Waals surface area contributed by atoms with Crippen LogP contribution < -0.4 is 0 Å². The van der Waals surface area contributed by atoms with E-state index in [2.05, 4.69) is 6.58 Å². The van der Waals surface area contributed by atoms with E-state index in [1.165, 1.54) is 4.90 Å². The van der Waals surface area contributed by atoms with Crippen molar-refractivity contribution in [2.45, 2.75) is 19.8 Å². The Bertz CT molecular complexity index is 324. The minimum atomic E-state index is -0.0896. The van der Waals surface area contributed by atoms with Crippen molar-refractivity contribution in [1.82, 2.24) is 4.90 Å². The van der Waals surface area contributed by atoms with Crippen molar-refractivity contribution in [3.8, 4) is 0 Å². The van der Waals surface area contributed by atoms with Gasteiger partial charge in [-0.15, -0.1) is 0 Å². The van der Waals surface area contributed by atoms with Crippen molar-refractivity contribution in [2.75, 3.05) is 6.54 Å². The molecule has 3 nitrogen and oxygen atoms in total. The predicted octanol–water partition coefficient (Wildman–Crippen LogP) is 1.82. The summed E-state index contributed by atoms with van der Waals surface area (Å²) < 4.78 is 0. The summed E-state index contributed by atoms with van der Waals surface area (Å²) in [5, 5.41) is 0. The molecule has 0 N–H and O–H groups in total. The molecule has 1 fully saturated rings. The SMILES string of the molecule is C=C/C(=C\C=C/C)CN1C(=O)CCC1=O. The van der Waals surface area contributed by atoms with Gasteiger partial charge in [-0.3, -0.25) is 14.5 Å². The summed E-state index contributed by atoms with van der Waals surface area (Å²) in [7, 11) is 0. The number of rotatable bonds is 4. The van der Waals surface area contributed by atoms with Gasteiger partial charge in [0.1, 0.15) is 0 Å². The highest BCUT2D eigenvalue weighted by molar-refractivity contribution is 6.02. The van der Waals surface area contributed by atoms with E-state index in [1.54, 1.807) is 6.08 Å². The van der Waals surface area contributed by atoms with E-state index in [4.69, 9.17) is 0 Å². The number of hydrogen-bond acceptors (Lipinski definition) is 2. The van der Waals surface area contributed by atoms with Crippen LogP contribution in [0, 0.1) is 0 Å². The Morgan fingerprint density at radius 2 is 2.00 bits per heavy atom. The summed E-state index contributed by atoms with van der Waals surface area (Å²) in [6.07, 6.45) is 7.95. The summed E-state index contributed by atoms with van der Waals surface area (Å²) >= 11 is 0. The molecule has 0 aliphatic carbocycles. The third-order valence-corrected chi connectivity index (χ3v) is 2.26. The molecule has 0 unspecified atom stereocenters. The number of allylic oxidation sites excluding steroid dienone is 3. The summed E-state index contributed by atoms with van der Waals surface area (Å²) in [5.41, 5.74) is 0.872. The van der Waals surface area contributed by atoms with Gasteiger partial charge >= 0.3 is 0 Å². The molecule has 3 heteroatoms.